The Morgan fingerprint density at radius 2 is 2.17 bits per heavy atom. The molecule has 0 aliphatic rings. The van der Waals surface area contributed by atoms with E-state index in [0.29, 0.717) is 5.75 Å². The summed E-state index contributed by atoms with van der Waals surface area (Å²) in [5, 5.41) is 9.76. The molecule has 0 aliphatic carbocycles. The maximum absolute atomic E-state index is 7.22. The molecule has 4 N–H and O–H groups in total. The highest BCUT2D eigenvalue weighted by molar-refractivity contribution is 6.67. The van der Waals surface area contributed by atoms with Crippen molar-refractivity contribution < 1.29 is 4.74 Å². The van der Waals surface area contributed by atoms with Crippen molar-refractivity contribution in [1.29, 1.82) is 5.41 Å². The van der Waals surface area contributed by atoms with E-state index in [0.717, 1.165) is 11.1 Å². The highest BCUT2D eigenvalue weighted by atomic mass is 35.5. The number of rotatable bonds is 5. The van der Waals surface area contributed by atoms with Gasteiger partial charge in [0.25, 0.3) is 0 Å². The first kappa shape index (κ1) is 14.1. The average molecular weight is 266 g/mol. The Bertz CT molecular complexity index is 509. The van der Waals surface area contributed by atoms with Gasteiger partial charge in [-0.3, -0.25) is 5.41 Å². The average Bonchev–Trinajstić information content (AvgIpc) is 2.20. The molecule has 0 aliphatic heterocycles. The predicted molar refractivity (Wildman–Crippen MR) is 74.7 cm³/mol. The van der Waals surface area contributed by atoms with E-state index in [9.17, 15) is 0 Å². The highest BCUT2D eigenvalue weighted by Crippen LogP contribution is 2.20. The van der Waals surface area contributed by atoms with Crippen LogP contribution in [0.5, 0.6) is 5.75 Å². The monoisotopic (exact) mass is 265 g/mol. The lowest BCUT2D eigenvalue weighted by Crippen LogP contribution is -2.22. The maximum atomic E-state index is 7.22. The van der Waals surface area contributed by atoms with E-state index in [1.165, 1.54) is 6.08 Å². The van der Waals surface area contributed by atoms with Crippen molar-refractivity contribution >= 4 is 16.8 Å². The van der Waals surface area contributed by atoms with Crippen LogP contribution in [0, 0.1) is 19.3 Å². The van der Waals surface area contributed by atoms with Gasteiger partial charge in [0.2, 0.25) is 5.88 Å². The molecule has 96 valence electrons. The normalized spacial score (nSPS) is 10.9. The van der Waals surface area contributed by atoms with Crippen LogP contribution >= 0.6 is 11.6 Å². The van der Waals surface area contributed by atoms with E-state index in [-0.39, 0.29) is 16.9 Å². The zero-order valence-corrected chi connectivity index (χ0v) is 11.1. The van der Waals surface area contributed by atoms with Gasteiger partial charge < -0.3 is 15.8 Å². The van der Waals surface area contributed by atoms with Crippen molar-refractivity contribution in [2.24, 2.45) is 5.73 Å². The van der Waals surface area contributed by atoms with Crippen LogP contribution in [0.3, 0.4) is 0 Å². The zero-order valence-electron chi connectivity index (χ0n) is 10.4. The molecule has 0 atom stereocenters. The van der Waals surface area contributed by atoms with Gasteiger partial charge in [-0.05, 0) is 25.5 Å². The second-order valence-electron chi connectivity index (χ2n) is 3.88. The lowest BCUT2D eigenvalue weighted by atomic mass is 10.1. The van der Waals surface area contributed by atoms with Gasteiger partial charge in [0, 0.05) is 6.08 Å². The maximum Gasteiger partial charge on any atom is 0.201 e. The molecule has 5 heteroatoms. The van der Waals surface area contributed by atoms with Crippen LogP contribution < -0.4 is 15.8 Å². The topological polar surface area (TPSA) is 71.1 Å². The predicted octanol–water partition coefficient (Wildman–Crippen LogP) is 2.76. The molecule has 0 amide bonds. The Kier molecular flexibility index (Phi) is 4.80. The molecule has 0 heterocycles. The zero-order chi connectivity index (χ0) is 13.7. The molecule has 0 unspecified atom stereocenters. The number of allylic oxidation sites excluding steroid dienone is 1. The smallest absolute Gasteiger partial charge is 0.201 e. The van der Waals surface area contributed by atoms with Gasteiger partial charge in [0.1, 0.15) is 10.9 Å². The molecule has 1 rings (SSSR count). The van der Waals surface area contributed by atoms with Crippen LogP contribution in [0.15, 0.2) is 42.6 Å². The van der Waals surface area contributed by atoms with Gasteiger partial charge in [0.05, 0.1) is 5.82 Å². The summed E-state index contributed by atoms with van der Waals surface area (Å²) in [6, 6.07) is 5.77. The Labute approximate surface area is 112 Å². The third-order valence-corrected chi connectivity index (χ3v) is 2.20. The number of hydrogen-bond donors (Lipinski definition) is 3. The quantitative estimate of drug-likeness (QED) is 0.566. The van der Waals surface area contributed by atoms with E-state index < -0.39 is 0 Å². The van der Waals surface area contributed by atoms with Crippen molar-refractivity contribution in [3.8, 4) is 5.75 Å². The summed E-state index contributed by atoms with van der Waals surface area (Å²) in [6.07, 6.45) is 1.32. The van der Waals surface area contributed by atoms with Crippen molar-refractivity contribution in [2.75, 3.05) is 0 Å². The minimum atomic E-state index is -0.163. The summed E-state index contributed by atoms with van der Waals surface area (Å²) in [6.45, 7) is 7.45. The molecular formula is C13H16ClN3O. The number of halogens is 1. The van der Waals surface area contributed by atoms with Crippen molar-refractivity contribution in [3.05, 3.63) is 53.7 Å². The number of hydrogen-bond acceptors (Lipinski definition) is 4. The summed E-state index contributed by atoms with van der Waals surface area (Å²) in [7, 11) is 0. The molecule has 0 spiro atoms. The van der Waals surface area contributed by atoms with Crippen LogP contribution in [0.2, 0.25) is 0 Å². The SMILES string of the molecule is C=C(N)NC(=CC(=N)Cl)Oc1ccc(C)cc1C. The van der Waals surface area contributed by atoms with E-state index in [2.05, 4.69) is 11.9 Å². The first-order valence-electron chi connectivity index (χ1n) is 5.30. The largest absolute Gasteiger partial charge is 0.441 e. The molecule has 1 aromatic carbocycles. The number of ether oxygens (including phenoxy) is 1. The standard InChI is InChI=1S/C13H16ClN3O/c1-8-4-5-11(9(2)6-8)18-13(7-12(14)16)17-10(3)15/h4-7,16-17H,3,15H2,1-2H3. The third kappa shape index (κ3) is 4.51. The van der Waals surface area contributed by atoms with Gasteiger partial charge >= 0.3 is 0 Å². The fourth-order valence-electron chi connectivity index (χ4n) is 1.40. The number of nitrogens with two attached hydrogens (primary N) is 1. The number of nitrogens with one attached hydrogen (secondary N) is 2. The molecule has 0 fully saturated rings. The first-order valence-corrected chi connectivity index (χ1v) is 5.68. The minimum Gasteiger partial charge on any atom is -0.441 e. The van der Waals surface area contributed by atoms with Gasteiger partial charge in [0.15, 0.2) is 0 Å². The van der Waals surface area contributed by atoms with E-state index in [1.54, 1.807) is 0 Å². The summed E-state index contributed by atoms with van der Waals surface area (Å²) in [4.78, 5) is 0. The molecule has 0 aromatic heterocycles. The van der Waals surface area contributed by atoms with Gasteiger partial charge in [-0.25, -0.2) is 0 Å². The van der Waals surface area contributed by atoms with Gasteiger partial charge in [-0.1, -0.05) is 35.9 Å². The summed E-state index contributed by atoms with van der Waals surface area (Å²) >= 11 is 5.50. The third-order valence-electron chi connectivity index (χ3n) is 2.09. The lowest BCUT2D eigenvalue weighted by molar-refractivity contribution is 0.391. The fraction of sp³-hybridized carbons (Fsp3) is 0.154. The van der Waals surface area contributed by atoms with Crippen LogP contribution in [-0.2, 0) is 0 Å². The van der Waals surface area contributed by atoms with E-state index in [4.69, 9.17) is 27.5 Å². The lowest BCUT2D eigenvalue weighted by Gasteiger charge is -2.13. The molecule has 18 heavy (non-hydrogen) atoms. The molecule has 0 radical (unpaired) electrons. The van der Waals surface area contributed by atoms with Crippen molar-refractivity contribution in [2.45, 2.75) is 13.8 Å². The first-order chi connectivity index (χ1) is 8.38. The van der Waals surface area contributed by atoms with Crippen molar-refractivity contribution in [1.82, 2.24) is 5.32 Å². The van der Waals surface area contributed by atoms with Crippen molar-refractivity contribution in [3.63, 3.8) is 0 Å². The second kappa shape index (κ2) is 6.12. The molecule has 0 saturated heterocycles. The van der Waals surface area contributed by atoms with E-state index in [1.807, 2.05) is 32.0 Å². The summed E-state index contributed by atoms with van der Waals surface area (Å²) in [5.41, 5.74) is 7.57. The number of aryl methyl sites for hydroxylation is 2. The molecule has 4 nitrogen and oxygen atoms in total. The summed E-state index contributed by atoms with van der Waals surface area (Å²) in [5.74, 6) is 1.14. The molecule has 0 saturated carbocycles. The number of benzene rings is 1. The second-order valence-corrected chi connectivity index (χ2v) is 4.28. The minimum absolute atomic E-state index is 0.163. The fourth-order valence-corrected chi connectivity index (χ4v) is 1.50. The van der Waals surface area contributed by atoms with Gasteiger partial charge in [-0.15, -0.1) is 0 Å². The van der Waals surface area contributed by atoms with Crippen LogP contribution in [0.1, 0.15) is 11.1 Å². The molecule has 0 bridgehead atoms. The van der Waals surface area contributed by atoms with Crippen LogP contribution in [0.4, 0.5) is 0 Å². The summed E-state index contributed by atoms with van der Waals surface area (Å²) < 4.78 is 5.61. The Balaban J connectivity index is 2.96. The van der Waals surface area contributed by atoms with E-state index >= 15 is 0 Å². The van der Waals surface area contributed by atoms with Crippen LogP contribution in [0.25, 0.3) is 0 Å². The Morgan fingerprint density at radius 1 is 1.50 bits per heavy atom. The Hall–Kier alpha value is -1.94. The highest BCUT2D eigenvalue weighted by Gasteiger charge is 2.05. The van der Waals surface area contributed by atoms with Gasteiger partial charge in [-0.2, -0.15) is 0 Å². The Morgan fingerprint density at radius 3 is 2.67 bits per heavy atom. The molecule has 1 aromatic rings. The van der Waals surface area contributed by atoms with Crippen LogP contribution in [-0.4, -0.2) is 5.17 Å². The molecular weight excluding hydrogens is 250 g/mol.